The maximum absolute atomic E-state index is 13.2. The van der Waals surface area contributed by atoms with Crippen LogP contribution in [0.4, 0.5) is 4.39 Å². The molecule has 1 rings (SSSR count). The summed E-state index contributed by atoms with van der Waals surface area (Å²) in [5.74, 6) is -0.233. The molecule has 0 fully saturated rings. The summed E-state index contributed by atoms with van der Waals surface area (Å²) in [6.07, 6.45) is 0.422. The fourth-order valence-electron chi connectivity index (χ4n) is 1.22. The molecular formula is C10H14FNO2. The Morgan fingerprint density at radius 2 is 2.29 bits per heavy atom. The minimum Gasteiger partial charge on any atom is -0.494 e. The zero-order chi connectivity index (χ0) is 10.6. The van der Waals surface area contributed by atoms with Gasteiger partial charge in [-0.05, 0) is 24.1 Å². The van der Waals surface area contributed by atoms with Gasteiger partial charge in [-0.3, -0.25) is 0 Å². The molecule has 14 heavy (non-hydrogen) atoms. The highest BCUT2D eigenvalue weighted by molar-refractivity contribution is 5.30. The van der Waals surface area contributed by atoms with Gasteiger partial charge in [-0.1, -0.05) is 6.07 Å². The molecule has 0 saturated carbocycles. The van der Waals surface area contributed by atoms with Gasteiger partial charge < -0.3 is 15.6 Å². The lowest BCUT2D eigenvalue weighted by molar-refractivity contribution is 0.276. The molecule has 0 saturated heterocycles. The van der Waals surface area contributed by atoms with Gasteiger partial charge in [0.1, 0.15) is 0 Å². The standard InChI is InChI=1S/C10H14FNO2/c1-14-10-3-2-7(6-8(10)11)9(12)4-5-13/h2-3,6,9,13H,4-5,12H2,1H3. The van der Waals surface area contributed by atoms with E-state index in [-0.39, 0.29) is 18.4 Å². The zero-order valence-electron chi connectivity index (χ0n) is 8.03. The second kappa shape index (κ2) is 4.93. The Morgan fingerprint density at radius 1 is 1.57 bits per heavy atom. The van der Waals surface area contributed by atoms with Gasteiger partial charge in [0.25, 0.3) is 0 Å². The minimum atomic E-state index is -0.432. The van der Waals surface area contributed by atoms with Crippen molar-refractivity contribution in [3.8, 4) is 5.75 Å². The Bertz CT molecular complexity index is 304. The molecule has 0 aliphatic rings. The van der Waals surface area contributed by atoms with Gasteiger partial charge >= 0.3 is 0 Å². The lowest BCUT2D eigenvalue weighted by Crippen LogP contribution is -2.12. The molecule has 78 valence electrons. The van der Waals surface area contributed by atoms with Gasteiger partial charge in [0.05, 0.1) is 7.11 Å². The van der Waals surface area contributed by atoms with Crippen LogP contribution in [0.3, 0.4) is 0 Å². The Hall–Kier alpha value is -1.13. The van der Waals surface area contributed by atoms with Gasteiger partial charge in [0.15, 0.2) is 11.6 Å². The number of rotatable bonds is 4. The first-order valence-corrected chi connectivity index (χ1v) is 4.39. The highest BCUT2D eigenvalue weighted by atomic mass is 19.1. The van der Waals surface area contributed by atoms with Crippen molar-refractivity contribution in [2.75, 3.05) is 13.7 Å². The first-order valence-electron chi connectivity index (χ1n) is 4.39. The minimum absolute atomic E-state index is 0.00514. The summed E-state index contributed by atoms with van der Waals surface area (Å²) in [6.45, 7) is -0.00514. The van der Waals surface area contributed by atoms with Crippen LogP contribution in [0.25, 0.3) is 0 Å². The molecule has 0 aliphatic heterocycles. The molecule has 1 aromatic rings. The molecule has 0 bridgehead atoms. The van der Waals surface area contributed by atoms with Crippen LogP contribution < -0.4 is 10.5 Å². The quantitative estimate of drug-likeness (QED) is 0.766. The molecule has 0 heterocycles. The average molecular weight is 199 g/mol. The Morgan fingerprint density at radius 3 is 2.79 bits per heavy atom. The second-order valence-electron chi connectivity index (χ2n) is 3.01. The van der Waals surface area contributed by atoms with Crippen LogP contribution in [0, 0.1) is 5.82 Å². The molecular weight excluding hydrogens is 185 g/mol. The molecule has 3 N–H and O–H groups in total. The smallest absolute Gasteiger partial charge is 0.165 e. The summed E-state index contributed by atoms with van der Waals surface area (Å²) in [6, 6.07) is 4.23. The van der Waals surface area contributed by atoms with Gasteiger partial charge in [0, 0.05) is 12.6 Å². The molecule has 0 amide bonds. The molecule has 3 nitrogen and oxygen atoms in total. The van der Waals surface area contributed by atoms with E-state index in [4.69, 9.17) is 15.6 Å². The van der Waals surface area contributed by atoms with E-state index in [1.54, 1.807) is 6.07 Å². The van der Waals surface area contributed by atoms with Gasteiger partial charge in [-0.25, -0.2) is 4.39 Å². The van der Waals surface area contributed by atoms with Crippen LogP contribution in [0.2, 0.25) is 0 Å². The van der Waals surface area contributed by atoms with Crippen LogP contribution in [-0.4, -0.2) is 18.8 Å². The first kappa shape index (κ1) is 10.9. The number of ether oxygens (including phenoxy) is 1. The van der Waals surface area contributed by atoms with Gasteiger partial charge in [-0.2, -0.15) is 0 Å². The van der Waals surface area contributed by atoms with E-state index < -0.39 is 5.82 Å². The molecule has 0 radical (unpaired) electrons. The maximum Gasteiger partial charge on any atom is 0.165 e. The molecule has 0 aromatic heterocycles. The van der Waals surface area contributed by atoms with Crippen LogP contribution in [0.5, 0.6) is 5.75 Å². The van der Waals surface area contributed by atoms with Crippen LogP contribution >= 0.6 is 0 Å². The number of halogens is 1. The van der Waals surface area contributed by atoms with E-state index in [1.807, 2.05) is 0 Å². The molecule has 4 heteroatoms. The SMILES string of the molecule is COc1ccc(C(N)CCO)cc1F. The molecule has 0 spiro atoms. The second-order valence-corrected chi connectivity index (χ2v) is 3.01. The van der Waals surface area contributed by atoms with E-state index in [9.17, 15) is 4.39 Å². The normalized spacial score (nSPS) is 12.6. The third-order valence-electron chi connectivity index (χ3n) is 2.04. The Kier molecular flexibility index (Phi) is 3.85. The van der Waals surface area contributed by atoms with Gasteiger partial charge in [-0.15, -0.1) is 0 Å². The Balaban J connectivity index is 2.85. The van der Waals surface area contributed by atoms with Gasteiger partial charge in [0.2, 0.25) is 0 Å². The Labute approximate surface area is 82.3 Å². The lowest BCUT2D eigenvalue weighted by Gasteiger charge is -2.11. The number of aliphatic hydroxyl groups excluding tert-OH is 1. The van der Waals surface area contributed by atoms with E-state index in [1.165, 1.54) is 19.2 Å². The molecule has 1 aromatic carbocycles. The largest absolute Gasteiger partial charge is 0.494 e. The van der Waals surface area contributed by atoms with E-state index in [0.29, 0.717) is 12.0 Å². The maximum atomic E-state index is 13.2. The van der Waals surface area contributed by atoms with E-state index >= 15 is 0 Å². The third-order valence-corrected chi connectivity index (χ3v) is 2.04. The number of benzene rings is 1. The number of hydrogen-bond donors (Lipinski definition) is 2. The van der Waals surface area contributed by atoms with E-state index in [2.05, 4.69) is 0 Å². The summed E-state index contributed by atoms with van der Waals surface area (Å²) >= 11 is 0. The van der Waals surface area contributed by atoms with Crippen molar-refractivity contribution in [2.45, 2.75) is 12.5 Å². The number of aliphatic hydroxyl groups is 1. The number of nitrogens with two attached hydrogens (primary N) is 1. The summed E-state index contributed by atoms with van der Waals surface area (Å²) in [7, 11) is 1.41. The van der Waals surface area contributed by atoms with Crippen molar-refractivity contribution in [3.05, 3.63) is 29.6 Å². The van der Waals surface area contributed by atoms with Crippen molar-refractivity contribution in [1.29, 1.82) is 0 Å². The monoisotopic (exact) mass is 199 g/mol. The molecule has 0 aliphatic carbocycles. The average Bonchev–Trinajstić information content (AvgIpc) is 2.18. The van der Waals surface area contributed by atoms with Crippen molar-refractivity contribution in [2.24, 2.45) is 5.73 Å². The highest BCUT2D eigenvalue weighted by Gasteiger charge is 2.09. The predicted octanol–water partition coefficient (Wildman–Crippen LogP) is 1.22. The predicted molar refractivity (Wildman–Crippen MR) is 51.6 cm³/mol. The van der Waals surface area contributed by atoms with Crippen LogP contribution in [-0.2, 0) is 0 Å². The van der Waals surface area contributed by atoms with Crippen molar-refractivity contribution in [1.82, 2.24) is 0 Å². The highest BCUT2D eigenvalue weighted by Crippen LogP contribution is 2.21. The summed E-state index contributed by atoms with van der Waals surface area (Å²) in [5, 5.41) is 8.67. The lowest BCUT2D eigenvalue weighted by atomic mass is 10.0. The number of hydrogen-bond acceptors (Lipinski definition) is 3. The summed E-state index contributed by atoms with van der Waals surface area (Å²) in [5.41, 5.74) is 6.36. The van der Waals surface area contributed by atoms with Crippen LogP contribution in [0.1, 0.15) is 18.0 Å². The summed E-state index contributed by atoms with van der Waals surface area (Å²) in [4.78, 5) is 0. The topological polar surface area (TPSA) is 55.5 Å². The van der Waals surface area contributed by atoms with E-state index in [0.717, 1.165) is 0 Å². The molecule has 1 unspecified atom stereocenters. The fraction of sp³-hybridized carbons (Fsp3) is 0.400. The fourth-order valence-corrected chi connectivity index (χ4v) is 1.22. The number of methoxy groups -OCH3 is 1. The molecule has 1 atom stereocenters. The van der Waals surface area contributed by atoms with Crippen molar-refractivity contribution < 1.29 is 14.2 Å². The third kappa shape index (κ3) is 2.43. The van der Waals surface area contributed by atoms with Crippen LogP contribution in [0.15, 0.2) is 18.2 Å². The first-order chi connectivity index (χ1) is 6.69. The van der Waals surface area contributed by atoms with Crippen molar-refractivity contribution >= 4 is 0 Å². The summed E-state index contributed by atoms with van der Waals surface area (Å²) < 4.78 is 18.0. The van der Waals surface area contributed by atoms with Crippen molar-refractivity contribution in [3.63, 3.8) is 0 Å². The zero-order valence-corrected chi connectivity index (χ0v) is 8.03.